The van der Waals surface area contributed by atoms with Crippen LogP contribution in [0.5, 0.6) is 11.5 Å². The van der Waals surface area contributed by atoms with Gasteiger partial charge in [0.2, 0.25) is 6.79 Å². The maximum absolute atomic E-state index is 12.6. The fourth-order valence-electron chi connectivity index (χ4n) is 2.30. The van der Waals surface area contributed by atoms with Crippen LogP contribution < -0.4 is 15.2 Å². The van der Waals surface area contributed by atoms with E-state index >= 15 is 0 Å². The molecule has 1 aromatic rings. The van der Waals surface area contributed by atoms with Crippen molar-refractivity contribution in [2.45, 2.75) is 25.3 Å². The predicted octanol–water partition coefficient (Wildman–Crippen LogP) is 1.52. The SMILES string of the molecule is N#CCCN(C(=O)c1cc2c(cc1N)OCO2)C1CC1. The van der Waals surface area contributed by atoms with Crippen LogP contribution >= 0.6 is 0 Å². The number of fused-ring (bicyclic) bond motifs is 1. The summed E-state index contributed by atoms with van der Waals surface area (Å²) in [6.07, 6.45) is 2.30. The number of nitrogens with zero attached hydrogens (tertiary/aromatic N) is 2. The number of carbonyl (C=O) groups is 1. The van der Waals surface area contributed by atoms with E-state index < -0.39 is 0 Å². The number of anilines is 1. The number of carbonyl (C=O) groups excluding carboxylic acids is 1. The number of hydrogen-bond donors (Lipinski definition) is 1. The minimum Gasteiger partial charge on any atom is -0.454 e. The topological polar surface area (TPSA) is 88.6 Å². The van der Waals surface area contributed by atoms with Gasteiger partial charge in [-0.1, -0.05) is 0 Å². The Morgan fingerprint density at radius 2 is 2.10 bits per heavy atom. The highest BCUT2D eigenvalue weighted by Crippen LogP contribution is 2.37. The van der Waals surface area contributed by atoms with Crippen molar-refractivity contribution in [1.29, 1.82) is 5.26 Å². The average molecular weight is 273 g/mol. The van der Waals surface area contributed by atoms with Crippen LogP contribution in [0.1, 0.15) is 29.6 Å². The molecule has 6 nitrogen and oxygen atoms in total. The van der Waals surface area contributed by atoms with E-state index in [1.807, 2.05) is 0 Å². The molecule has 1 heterocycles. The monoisotopic (exact) mass is 273 g/mol. The summed E-state index contributed by atoms with van der Waals surface area (Å²) in [6.45, 7) is 0.584. The van der Waals surface area contributed by atoms with Crippen molar-refractivity contribution in [2.24, 2.45) is 0 Å². The van der Waals surface area contributed by atoms with Crippen LogP contribution in [0.15, 0.2) is 12.1 Å². The summed E-state index contributed by atoms with van der Waals surface area (Å²) in [6, 6.07) is 5.55. The highest BCUT2D eigenvalue weighted by atomic mass is 16.7. The second kappa shape index (κ2) is 4.93. The number of nitrogens with two attached hydrogens (primary N) is 1. The van der Waals surface area contributed by atoms with E-state index in [1.54, 1.807) is 17.0 Å². The van der Waals surface area contributed by atoms with Crippen molar-refractivity contribution in [2.75, 3.05) is 19.1 Å². The Hall–Kier alpha value is -2.42. The maximum Gasteiger partial charge on any atom is 0.256 e. The zero-order valence-electron chi connectivity index (χ0n) is 11.0. The van der Waals surface area contributed by atoms with Gasteiger partial charge in [-0.3, -0.25) is 4.79 Å². The fourth-order valence-corrected chi connectivity index (χ4v) is 2.30. The zero-order chi connectivity index (χ0) is 14.1. The lowest BCUT2D eigenvalue weighted by Crippen LogP contribution is -2.34. The Bertz CT molecular complexity index is 590. The summed E-state index contributed by atoms with van der Waals surface area (Å²) in [5.41, 5.74) is 6.73. The van der Waals surface area contributed by atoms with E-state index in [4.69, 9.17) is 20.5 Å². The van der Waals surface area contributed by atoms with Crippen molar-refractivity contribution in [1.82, 2.24) is 4.90 Å². The quantitative estimate of drug-likeness (QED) is 0.840. The summed E-state index contributed by atoms with van der Waals surface area (Å²) in [7, 11) is 0. The molecular weight excluding hydrogens is 258 g/mol. The Morgan fingerprint density at radius 3 is 2.75 bits per heavy atom. The molecule has 2 N–H and O–H groups in total. The number of nitrogen functional groups attached to an aromatic ring is 1. The van der Waals surface area contributed by atoms with Crippen LogP contribution in [0.2, 0.25) is 0 Å². The van der Waals surface area contributed by atoms with Gasteiger partial charge in [-0.15, -0.1) is 0 Å². The standard InChI is InChI=1S/C14H15N3O3/c15-4-1-5-17(9-2-3-9)14(18)10-6-12-13(7-11(10)16)20-8-19-12/h6-7,9H,1-3,5,8,16H2. The van der Waals surface area contributed by atoms with Gasteiger partial charge in [0.05, 0.1) is 18.1 Å². The largest absolute Gasteiger partial charge is 0.454 e. The van der Waals surface area contributed by atoms with Gasteiger partial charge in [0.25, 0.3) is 5.91 Å². The van der Waals surface area contributed by atoms with Gasteiger partial charge in [0, 0.05) is 24.3 Å². The summed E-state index contributed by atoms with van der Waals surface area (Å²) >= 11 is 0. The zero-order valence-corrected chi connectivity index (χ0v) is 11.0. The normalized spacial score (nSPS) is 15.8. The number of rotatable bonds is 4. The first-order valence-corrected chi connectivity index (χ1v) is 6.57. The molecule has 1 aromatic carbocycles. The number of benzene rings is 1. The lowest BCUT2D eigenvalue weighted by atomic mass is 10.1. The smallest absolute Gasteiger partial charge is 0.256 e. The van der Waals surface area contributed by atoms with Crippen molar-refractivity contribution < 1.29 is 14.3 Å². The van der Waals surface area contributed by atoms with E-state index in [-0.39, 0.29) is 18.7 Å². The van der Waals surface area contributed by atoms with E-state index in [0.717, 1.165) is 12.8 Å². The van der Waals surface area contributed by atoms with Gasteiger partial charge in [-0.05, 0) is 18.9 Å². The van der Waals surface area contributed by atoms with Crippen molar-refractivity contribution in [3.8, 4) is 17.6 Å². The van der Waals surface area contributed by atoms with Crippen LogP contribution in [0.3, 0.4) is 0 Å². The lowest BCUT2D eigenvalue weighted by molar-refractivity contribution is 0.0747. The fraction of sp³-hybridized carbons (Fsp3) is 0.429. The molecule has 1 aliphatic carbocycles. The molecule has 3 rings (SSSR count). The van der Waals surface area contributed by atoms with E-state index in [2.05, 4.69) is 6.07 Å². The van der Waals surface area contributed by atoms with Gasteiger partial charge in [-0.2, -0.15) is 5.26 Å². The van der Waals surface area contributed by atoms with Crippen LogP contribution in [-0.2, 0) is 0 Å². The highest BCUT2D eigenvalue weighted by Gasteiger charge is 2.34. The minimum absolute atomic E-state index is 0.140. The summed E-state index contributed by atoms with van der Waals surface area (Å²) in [5, 5.41) is 8.70. The molecule has 0 atom stereocenters. The molecule has 2 aliphatic rings. The number of ether oxygens (including phenoxy) is 2. The molecule has 104 valence electrons. The van der Waals surface area contributed by atoms with E-state index in [0.29, 0.717) is 35.7 Å². The molecule has 1 amide bonds. The molecule has 1 aliphatic heterocycles. The Morgan fingerprint density at radius 1 is 1.40 bits per heavy atom. The summed E-state index contributed by atoms with van der Waals surface area (Å²) in [4.78, 5) is 14.3. The number of amides is 1. The lowest BCUT2D eigenvalue weighted by Gasteiger charge is -2.22. The number of hydrogen-bond acceptors (Lipinski definition) is 5. The van der Waals surface area contributed by atoms with Crippen LogP contribution in [0, 0.1) is 11.3 Å². The van der Waals surface area contributed by atoms with Crippen molar-refractivity contribution >= 4 is 11.6 Å². The summed E-state index contributed by atoms with van der Waals surface area (Å²) in [5.74, 6) is 0.964. The van der Waals surface area contributed by atoms with Gasteiger partial charge < -0.3 is 20.1 Å². The third-order valence-corrected chi connectivity index (χ3v) is 3.49. The van der Waals surface area contributed by atoms with Gasteiger partial charge >= 0.3 is 0 Å². The van der Waals surface area contributed by atoms with Crippen LogP contribution in [-0.4, -0.2) is 30.2 Å². The van der Waals surface area contributed by atoms with Crippen molar-refractivity contribution in [3.63, 3.8) is 0 Å². The molecule has 6 heteroatoms. The molecule has 1 fully saturated rings. The first-order valence-electron chi connectivity index (χ1n) is 6.57. The molecule has 0 spiro atoms. The Balaban J connectivity index is 1.87. The molecule has 20 heavy (non-hydrogen) atoms. The second-order valence-electron chi connectivity index (χ2n) is 4.93. The Labute approximate surface area is 116 Å². The third-order valence-electron chi connectivity index (χ3n) is 3.49. The molecule has 0 radical (unpaired) electrons. The third kappa shape index (κ3) is 2.23. The maximum atomic E-state index is 12.6. The van der Waals surface area contributed by atoms with Gasteiger partial charge in [-0.25, -0.2) is 0 Å². The Kier molecular flexibility index (Phi) is 3.11. The van der Waals surface area contributed by atoms with Crippen LogP contribution in [0.4, 0.5) is 5.69 Å². The van der Waals surface area contributed by atoms with Gasteiger partial charge in [0.1, 0.15) is 0 Å². The molecule has 0 bridgehead atoms. The van der Waals surface area contributed by atoms with E-state index in [9.17, 15) is 4.79 Å². The molecule has 0 unspecified atom stereocenters. The summed E-state index contributed by atoms with van der Waals surface area (Å²) < 4.78 is 10.5. The first kappa shape index (κ1) is 12.6. The average Bonchev–Trinajstić information content (AvgIpc) is 3.17. The second-order valence-corrected chi connectivity index (χ2v) is 4.93. The van der Waals surface area contributed by atoms with Crippen molar-refractivity contribution in [3.05, 3.63) is 17.7 Å². The molecule has 1 saturated carbocycles. The van der Waals surface area contributed by atoms with Crippen LogP contribution in [0.25, 0.3) is 0 Å². The molecule has 0 aromatic heterocycles. The minimum atomic E-state index is -0.140. The predicted molar refractivity (Wildman–Crippen MR) is 71.3 cm³/mol. The van der Waals surface area contributed by atoms with Gasteiger partial charge in [0.15, 0.2) is 11.5 Å². The molecular formula is C14H15N3O3. The van der Waals surface area contributed by atoms with E-state index in [1.165, 1.54) is 0 Å². The first-order chi connectivity index (χ1) is 9.70. The highest BCUT2D eigenvalue weighted by molar-refractivity contribution is 6.00. The number of nitriles is 1. The molecule has 0 saturated heterocycles.